The van der Waals surface area contributed by atoms with E-state index in [1.807, 2.05) is 6.92 Å². The molecule has 0 saturated carbocycles. The number of carbonyl (C=O) groups excluding carboxylic acids is 1. The van der Waals surface area contributed by atoms with E-state index in [1.54, 1.807) is 0 Å². The molecule has 0 aliphatic carbocycles. The first-order valence-electron chi connectivity index (χ1n) is 5.05. The lowest BCUT2D eigenvalue weighted by Gasteiger charge is -2.10. The maximum Gasteiger partial charge on any atom is 0.387 e. The number of amides is 1. The van der Waals surface area contributed by atoms with E-state index >= 15 is 0 Å². The molecule has 1 aromatic rings. The standard InChI is InChI=1S/C10H14F2N2O2S.ClH/c1-6(4-13)5-14-9(15)8-7(2-3-17-8)16-10(11)12;/h2-3,6,10H,4-5,13H2,1H3,(H,14,15);1H. The molecular formula is C10H15ClF2N2O2S. The van der Waals surface area contributed by atoms with Gasteiger partial charge in [0.1, 0.15) is 10.6 Å². The summed E-state index contributed by atoms with van der Waals surface area (Å²) in [6.07, 6.45) is 0. The van der Waals surface area contributed by atoms with E-state index in [2.05, 4.69) is 10.1 Å². The van der Waals surface area contributed by atoms with Gasteiger partial charge in [0.2, 0.25) is 0 Å². The number of alkyl halides is 2. The van der Waals surface area contributed by atoms with E-state index in [0.29, 0.717) is 13.1 Å². The van der Waals surface area contributed by atoms with Gasteiger partial charge in [0.25, 0.3) is 5.91 Å². The fourth-order valence-corrected chi connectivity index (χ4v) is 1.82. The van der Waals surface area contributed by atoms with Crippen molar-refractivity contribution in [1.29, 1.82) is 0 Å². The van der Waals surface area contributed by atoms with Gasteiger partial charge < -0.3 is 15.8 Å². The molecule has 18 heavy (non-hydrogen) atoms. The summed E-state index contributed by atoms with van der Waals surface area (Å²) in [7, 11) is 0. The van der Waals surface area contributed by atoms with Crippen molar-refractivity contribution < 1.29 is 18.3 Å². The van der Waals surface area contributed by atoms with E-state index in [9.17, 15) is 13.6 Å². The number of hydrogen-bond acceptors (Lipinski definition) is 4. The molecular weight excluding hydrogens is 286 g/mol. The minimum absolute atomic E-state index is 0. The molecule has 4 nitrogen and oxygen atoms in total. The molecule has 0 saturated heterocycles. The van der Waals surface area contributed by atoms with Gasteiger partial charge in [-0.1, -0.05) is 6.92 Å². The second-order valence-corrected chi connectivity index (χ2v) is 4.46. The van der Waals surface area contributed by atoms with Gasteiger partial charge in [0.15, 0.2) is 0 Å². The van der Waals surface area contributed by atoms with E-state index in [1.165, 1.54) is 11.4 Å². The molecule has 0 aromatic carbocycles. The second kappa shape index (κ2) is 8.23. The third kappa shape index (κ3) is 5.16. The fourth-order valence-electron chi connectivity index (χ4n) is 1.08. The Morgan fingerprint density at radius 1 is 1.61 bits per heavy atom. The van der Waals surface area contributed by atoms with Crippen LogP contribution in [0.25, 0.3) is 0 Å². The molecule has 1 rings (SSSR count). The van der Waals surface area contributed by atoms with Crippen molar-refractivity contribution in [1.82, 2.24) is 5.32 Å². The molecule has 0 radical (unpaired) electrons. The Hall–Kier alpha value is -0.920. The number of nitrogens with two attached hydrogens (primary N) is 1. The van der Waals surface area contributed by atoms with Crippen LogP contribution in [0.3, 0.4) is 0 Å². The normalized spacial score (nSPS) is 11.8. The van der Waals surface area contributed by atoms with Gasteiger partial charge >= 0.3 is 6.61 Å². The van der Waals surface area contributed by atoms with E-state index in [4.69, 9.17) is 5.73 Å². The number of hydrogen-bond donors (Lipinski definition) is 2. The average Bonchev–Trinajstić information content (AvgIpc) is 2.72. The molecule has 0 spiro atoms. The minimum Gasteiger partial charge on any atom is -0.433 e. The van der Waals surface area contributed by atoms with Crippen LogP contribution in [-0.4, -0.2) is 25.6 Å². The zero-order valence-corrected chi connectivity index (χ0v) is 11.3. The quantitative estimate of drug-likeness (QED) is 0.845. The lowest BCUT2D eigenvalue weighted by atomic mass is 10.2. The minimum atomic E-state index is -2.93. The largest absolute Gasteiger partial charge is 0.433 e. The fraction of sp³-hybridized carbons (Fsp3) is 0.500. The van der Waals surface area contributed by atoms with Crippen molar-refractivity contribution >= 4 is 29.7 Å². The number of rotatable bonds is 6. The van der Waals surface area contributed by atoms with Gasteiger partial charge in [-0.25, -0.2) is 0 Å². The van der Waals surface area contributed by atoms with Crippen LogP contribution >= 0.6 is 23.7 Å². The van der Waals surface area contributed by atoms with E-state index < -0.39 is 12.5 Å². The highest BCUT2D eigenvalue weighted by molar-refractivity contribution is 7.12. The van der Waals surface area contributed by atoms with Crippen molar-refractivity contribution in [2.75, 3.05) is 13.1 Å². The average molecular weight is 301 g/mol. The predicted octanol–water partition coefficient (Wildman–Crippen LogP) is 2.10. The highest BCUT2D eigenvalue weighted by atomic mass is 35.5. The first-order valence-corrected chi connectivity index (χ1v) is 5.93. The van der Waals surface area contributed by atoms with Crippen LogP contribution in [0.5, 0.6) is 5.75 Å². The van der Waals surface area contributed by atoms with Crippen molar-refractivity contribution in [3.63, 3.8) is 0 Å². The lowest BCUT2D eigenvalue weighted by molar-refractivity contribution is -0.0498. The van der Waals surface area contributed by atoms with Gasteiger partial charge in [0, 0.05) is 6.54 Å². The summed E-state index contributed by atoms with van der Waals surface area (Å²) < 4.78 is 28.3. The Morgan fingerprint density at radius 3 is 2.83 bits per heavy atom. The van der Waals surface area contributed by atoms with Crippen LogP contribution in [0.2, 0.25) is 0 Å². The van der Waals surface area contributed by atoms with Crippen molar-refractivity contribution in [2.45, 2.75) is 13.5 Å². The first-order chi connectivity index (χ1) is 8.04. The molecule has 0 aliphatic rings. The molecule has 1 heterocycles. The molecule has 0 bridgehead atoms. The molecule has 104 valence electrons. The maximum atomic E-state index is 12.0. The molecule has 3 N–H and O–H groups in total. The number of thiophene rings is 1. The highest BCUT2D eigenvalue weighted by Gasteiger charge is 2.17. The SMILES string of the molecule is CC(CN)CNC(=O)c1sccc1OC(F)F.Cl. The van der Waals surface area contributed by atoms with Crippen LogP contribution in [0.1, 0.15) is 16.6 Å². The lowest BCUT2D eigenvalue weighted by Crippen LogP contribution is -2.31. The summed E-state index contributed by atoms with van der Waals surface area (Å²) >= 11 is 1.06. The molecule has 1 unspecified atom stereocenters. The highest BCUT2D eigenvalue weighted by Crippen LogP contribution is 2.26. The van der Waals surface area contributed by atoms with E-state index in [0.717, 1.165) is 11.3 Å². The van der Waals surface area contributed by atoms with Crippen molar-refractivity contribution in [3.05, 3.63) is 16.3 Å². The summed E-state index contributed by atoms with van der Waals surface area (Å²) in [6.45, 7) is -0.198. The van der Waals surface area contributed by atoms with Crippen LogP contribution in [0, 0.1) is 5.92 Å². The van der Waals surface area contributed by atoms with Crippen LogP contribution < -0.4 is 15.8 Å². The Kier molecular flexibility index (Phi) is 7.81. The topological polar surface area (TPSA) is 64.3 Å². The molecule has 0 fully saturated rings. The van der Waals surface area contributed by atoms with E-state index in [-0.39, 0.29) is 29.0 Å². The zero-order chi connectivity index (χ0) is 12.8. The van der Waals surface area contributed by atoms with Crippen LogP contribution in [-0.2, 0) is 0 Å². The van der Waals surface area contributed by atoms with Gasteiger partial charge in [-0.15, -0.1) is 23.7 Å². The van der Waals surface area contributed by atoms with Gasteiger partial charge in [0.05, 0.1) is 0 Å². The molecule has 1 aromatic heterocycles. The van der Waals surface area contributed by atoms with Crippen LogP contribution in [0.4, 0.5) is 8.78 Å². The third-order valence-electron chi connectivity index (χ3n) is 2.06. The zero-order valence-electron chi connectivity index (χ0n) is 9.69. The maximum absolute atomic E-state index is 12.0. The number of carbonyl (C=O) groups is 1. The Bertz CT molecular complexity index is 377. The Balaban J connectivity index is 0.00000289. The Morgan fingerprint density at radius 2 is 2.28 bits per heavy atom. The van der Waals surface area contributed by atoms with Gasteiger partial charge in [-0.3, -0.25) is 4.79 Å². The molecule has 1 atom stereocenters. The molecule has 8 heteroatoms. The predicted molar refractivity (Wildman–Crippen MR) is 68.8 cm³/mol. The summed E-state index contributed by atoms with van der Waals surface area (Å²) in [5.74, 6) is -0.378. The number of halogens is 3. The summed E-state index contributed by atoms with van der Waals surface area (Å²) in [6, 6.07) is 1.35. The molecule has 0 aliphatic heterocycles. The van der Waals surface area contributed by atoms with Crippen LogP contribution in [0.15, 0.2) is 11.4 Å². The smallest absolute Gasteiger partial charge is 0.387 e. The summed E-state index contributed by atoms with van der Waals surface area (Å²) in [5.41, 5.74) is 5.40. The molecule has 1 amide bonds. The second-order valence-electron chi connectivity index (χ2n) is 3.54. The van der Waals surface area contributed by atoms with Crippen molar-refractivity contribution in [3.8, 4) is 5.75 Å². The van der Waals surface area contributed by atoms with Gasteiger partial charge in [-0.2, -0.15) is 8.78 Å². The number of ether oxygens (including phenoxy) is 1. The summed E-state index contributed by atoms with van der Waals surface area (Å²) in [5, 5.41) is 4.14. The summed E-state index contributed by atoms with van der Waals surface area (Å²) in [4.78, 5) is 11.8. The third-order valence-corrected chi connectivity index (χ3v) is 2.96. The number of nitrogens with one attached hydrogen (secondary N) is 1. The van der Waals surface area contributed by atoms with Gasteiger partial charge in [-0.05, 0) is 23.9 Å². The Labute approximate surface area is 114 Å². The monoisotopic (exact) mass is 300 g/mol. The van der Waals surface area contributed by atoms with Crippen molar-refractivity contribution in [2.24, 2.45) is 11.7 Å². The first kappa shape index (κ1) is 17.1.